The molecule has 0 aliphatic heterocycles. The summed E-state index contributed by atoms with van der Waals surface area (Å²) >= 11 is 1.82. The fourth-order valence-electron chi connectivity index (χ4n) is 3.46. The minimum Gasteiger partial charge on any atom is -0.388 e. The molecule has 0 spiro atoms. The molecule has 21 heavy (non-hydrogen) atoms. The Balaban J connectivity index is 1.80. The number of rotatable bonds is 2. The van der Waals surface area contributed by atoms with E-state index in [0.717, 1.165) is 35.6 Å². The van der Waals surface area contributed by atoms with Gasteiger partial charge in [-0.2, -0.15) is 0 Å². The molecule has 3 heteroatoms. The Morgan fingerprint density at radius 3 is 3.14 bits per heavy atom. The van der Waals surface area contributed by atoms with Crippen LogP contribution >= 0.6 is 11.3 Å². The van der Waals surface area contributed by atoms with E-state index in [1.807, 2.05) is 35.7 Å². The Morgan fingerprint density at radius 1 is 1.24 bits per heavy atom. The van der Waals surface area contributed by atoms with Crippen LogP contribution in [-0.2, 0) is 6.42 Å². The number of nitrogens with zero attached hydrogens (tertiary/aromatic N) is 1. The predicted molar refractivity (Wildman–Crippen MR) is 86.7 cm³/mol. The van der Waals surface area contributed by atoms with E-state index >= 15 is 0 Å². The molecule has 1 aliphatic carbocycles. The Kier molecular flexibility index (Phi) is 3.24. The van der Waals surface area contributed by atoms with Gasteiger partial charge in [0.05, 0.1) is 6.10 Å². The first-order valence-corrected chi connectivity index (χ1v) is 8.29. The number of aryl methyl sites for hydroxylation is 1. The third-order valence-electron chi connectivity index (χ3n) is 4.52. The normalized spacial score (nSPS) is 19.4. The Hall–Kier alpha value is -1.71. The van der Waals surface area contributed by atoms with Crippen molar-refractivity contribution in [2.75, 3.05) is 0 Å². The largest absolute Gasteiger partial charge is 0.388 e. The Labute approximate surface area is 128 Å². The molecule has 2 heterocycles. The van der Waals surface area contributed by atoms with Gasteiger partial charge in [-0.05, 0) is 53.3 Å². The zero-order valence-electron chi connectivity index (χ0n) is 11.7. The predicted octanol–water partition coefficient (Wildman–Crippen LogP) is 4.45. The molecule has 4 rings (SSSR count). The molecule has 0 bridgehead atoms. The second-order valence-electron chi connectivity index (χ2n) is 5.69. The molecule has 0 fully saturated rings. The molecule has 2 unspecified atom stereocenters. The van der Waals surface area contributed by atoms with Crippen molar-refractivity contribution in [1.29, 1.82) is 0 Å². The molecular weight excluding hydrogens is 278 g/mol. The monoisotopic (exact) mass is 295 g/mol. The highest BCUT2D eigenvalue weighted by Gasteiger charge is 2.29. The summed E-state index contributed by atoms with van der Waals surface area (Å²) < 4.78 is 0. The van der Waals surface area contributed by atoms with Gasteiger partial charge >= 0.3 is 0 Å². The number of hydrogen-bond donors (Lipinski definition) is 1. The van der Waals surface area contributed by atoms with E-state index in [-0.39, 0.29) is 5.92 Å². The SMILES string of the molecule is OC(c1cccc2ccncc12)C1CCCc2sccc21. The maximum atomic E-state index is 11.0. The summed E-state index contributed by atoms with van der Waals surface area (Å²) in [6.45, 7) is 0. The zero-order valence-corrected chi connectivity index (χ0v) is 12.5. The lowest BCUT2D eigenvalue weighted by atomic mass is 9.80. The van der Waals surface area contributed by atoms with Crippen LogP contribution in [0.15, 0.2) is 48.1 Å². The van der Waals surface area contributed by atoms with Crippen molar-refractivity contribution < 1.29 is 5.11 Å². The molecule has 106 valence electrons. The van der Waals surface area contributed by atoms with Crippen LogP contribution in [0.3, 0.4) is 0 Å². The van der Waals surface area contributed by atoms with Crippen molar-refractivity contribution in [2.45, 2.75) is 31.3 Å². The lowest BCUT2D eigenvalue weighted by molar-refractivity contribution is 0.138. The van der Waals surface area contributed by atoms with Crippen LogP contribution < -0.4 is 0 Å². The summed E-state index contributed by atoms with van der Waals surface area (Å²) in [6.07, 6.45) is 6.60. The fraction of sp³-hybridized carbons (Fsp3) is 0.278. The highest BCUT2D eigenvalue weighted by atomic mass is 32.1. The first-order chi connectivity index (χ1) is 10.3. The lowest BCUT2D eigenvalue weighted by Crippen LogP contribution is -2.16. The van der Waals surface area contributed by atoms with Crippen LogP contribution in [0.5, 0.6) is 0 Å². The zero-order chi connectivity index (χ0) is 14.2. The molecule has 0 radical (unpaired) electrons. The van der Waals surface area contributed by atoms with Gasteiger partial charge in [0.25, 0.3) is 0 Å². The van der Waals surface area contributed by atoms with E-state index in [4.69, 9.17) is 0 Å². The lowest BCUT2D eigenvalue weighted by Gasteiger charge is -2.28. The van der Waals surface area contributed by atoms with Gasteiger partial charge in [-0.25, -0.2) is 0 Å². The second kappa shape index (κ2) is 5.24. The molecule has 2 nitrogen and oxygen atoms in total. The van der Waals surface area contributed by atoms with Gasteiger partial charge in [-0.1, -0.05) is 18.2 Å². The van der Waals surface area contributed by atoms with Gasteiger partial charge in [0.1, 0.15) is 0 Å². The third kappa shape index (κ3) is 2.17. The van der Waals surface area contributed by atoms with Crippen LogP contribution in [0.4, 0.5) is 0 Å². The van der Waals surface area contributed by atoms with Crippen LogP contribution in [0, 0.1) is 0 Å². The van der Waals surface area contributed by atoms with E-state index < -0.39 is 6.10 Å². The first-order valence-electron chi connectivity index (χ1n) is 7.41. The van der Waals surface area contributed by atoms with Gasteiger partial charge in [-0.3, -0.25) is 4.98 Å². The maximum absolute atomic E-state index is 11.0. The van der Waals surface area contributed by atoms with E-state index in [0.29, 0.717) is 0 Å². The van der Waals surface area contributed by atoms with Gasteiger partial charge in [0.2, 0.25) is 0 Å². The highest BCUT2D eigenvalue weighted by molar-refractivity contribution is 7.10. The number of aliphatic hydroxyl groups excluding tert-OH is 1. The van der Waals surface area contributed by atoms with Gasteiger partial charge in [0, 0.05) is 28.6 Å². The minimum atomic E-state index is -0.452. The molecule has 0 saturated carbocycles. The van der Waals surface area contributed by atoms with Crippen molar-refractivity contribution in [1.82, 2.24) is 4.98 Å². The molecule has 2 aromatic heterocycles. The average molecular weight is 295 g/mol. The molecule has 1 N–H and O–H groups in total. The summed E-state index contributed by atoms with van der Waals surface area (Å²) in [6, 6.07) is 10.3. The number of benzene rings is 1. The summed E-state index contributed by atoms with van der Waals surface area (Å²) in [5.74, 6) is 0.214. The molecular formula is C18H17NOS. The van der Waals surface area contributed by atoms with E-state index in [2.05, 4.69) is 22.5 Å². The van der Waals surface area contributed by atoms with Gasteiger partial charge in [0.15, 0.2) is 0 Å². The number of hydrogen-bond acceptors (Lipinski definition) is 3. The standard InChI is InChI=1S/C18H17NOS/c20-18(14-5-2-6-17-13(14)8-10-21-17)15-4-1-3-12-7-9-19-11-16(12)15/h1,3-4,7-11,14,18,20H,2,5-6H2. The van der Waals surface area contributed by atoms with Crippen LogP contribution in [0.2, 0.25) is 0 Å². The van der Waals surface area contributed by atoms with E-state index in [1.165, 1.54) is 10.4 Å². The van der Waals surface area contributed by atoms with Crippen molar-refractivity contribution in [3.63, 3.8) is 0 Å². The average Bonchev–Trinajstić information content (AvgIpc) is 3.02. The van der Waals surface area contributed by atoms with Crippen molar-refractivity contribution in [3.05, 3.63) is 64.1 Å². The molecule has 1 aromatic carbocycles. The number of aliphatic hydroxyl groups is 1. The van der Waals surface area contributed by atoms with E-state index in [9.17, 15) is 5.11 Å². The summed E-state index contributed by atoms with van der Waals surface area (Å²) in [4.78, 5) is 5.67. The van der Waals surface area contributed by atoms with Crippen LogP contribution in [0.1, 0.15) is 40.9 Å². The van der Waals surface area contributed by atoms with Crippen LogP contribution in [-0.4, -0.2) is 10.1 Å². The Bertz CT molecular complexity index is 774. The summed E-state index contributed by atoms with van der Waals surface area (Å²) in [7, 11) is 0. The summed E-state index contributed by atoms with van der Waals surface area (Å²) in [5, 5.41) is 15.3. The van der Waals surface area contributed by atoms with Crippen LogP contribution in [0.25, 0.3) is 10.8 Å². The maximum Gasteiger partial charge on any atom is 0.0865 e. The molecule has 0 saturated heterocycles. The topological polar surface area (TPSA) is 33.1 Å². The number of fused-ring (bicyclic) bond motifs is 2. The third-order valence-corrected chi connectivity index (χ3v) is 5.51. The molecule has 1 aliphatic rings. The van der Waals surface area contributed by atoms with Crippen molar-refractivity contribution in [2.24, 2.45) is 0 Å². The number of pyridine rings is 1. The van der Waals surface area contributed by atoms with Crippen molar-refractivity contribution >= 4 is 22.1 Å². The molecule has 3 aromatic rings. The van der Waals surface area contributed by atoms with Gasteiger partial charge in [-0.15, -0.1) is 11.3 Å². The highest BCUT2D eigenvalue weighted by Crippen LogP contribution is 2.43. The van der Waals surface area contributed by atoms with Gasteiger partial charge < -0.3 is 5.11 Å². The minimum absolute atomic E-state index is 0.214. The molecule has 2 atom stereocenters. The second-order valence-corrected chi connectivity index (χ2v) is 6.69. The fourth-order valence-corrected chi connectivity index (χ4v) is 4.46. The molecule has 0 amide bonds. The van der Waals surface area contributed by atoms with Crippen molar-refractivity contribution in [3.8, 4) is 0 Å². The first kappa shape index (κ1) is 13.0. The summed E-state index contributed by atoms with van der Waals surface area (Å²) in [5.41, 5.74) is 2.35. The smallest absolute Gasteiger partial charge is 0.0865 e. The number of aromatic nitrogens is 1. The Morgan fingerprint density at radius 2 is 2.19 bits per heavy atom. The quantitative estimate of drug-likeness (QED) is 0.757. The number of thiophene rings is 1. The van der Waals surface area contributed by atoms with E-state index in [1.54, 1.807) is 6.20 Å².